The summed E-state index contributed by atoms with van der Waals surface area (Å²) < 4.78 is 1.99. The van der Waals surface area contributed by atoms with Gasteiger partial charge in [-0.25, -0.2) is 4.98 Å². The average Bonchev–Trinajstić information content (AvgIpc) is 2.62. The third-order valence-electron chi connectivity index (χ3n) is 2.18. The van der Waals surface area contributed by atoms with E-state index in [0.717, 1.165) is 12.2 Å². The van der Waals surface area contributed by atoms with Crippen LogP contribution in [0.3, 0.4) is 0 Å². The highest BCUT2D eigenvalue weighted by atomic mass is 16.3. The molecular formula is C10H19N3O. The van der Waals surface area contributed by atoms with E-state index in [1.807, 2.05) is 11.5 Å². The average molecular weight is 197 g/mol. The van der Waals surface area contributed by atoms with Crippen LogP contribution in [0.15, 0.2) is 12.5 Å². The second kappa shape index (κ2) is 5.12. The molecule has 0 aliphatic carbocycles. The number of nitrogens with one attached hydrogen (secondary N) is 1. The molecule has 0 bridgehead atoms. The van der Waals surface area contributed by atoms with Crippen molar-refractivity contribution in [2.24, 2.45) is 0 Å². The molecule has 0 aliphatic rings. The number of rotatable bonds is 5. The molecule has 4 heteroatoms. The first kappa shape index (κ1) is 11.2. The van der Waals surface area contributed by atoms with E-state index in [1.165, 1.54) is 0 Å². The van der Waals surface area contributed by atoms with Crippen molar-refractivity contribution in [3.8, 4) is 0 Å². The molecule has 0 saturated heterocycles. The summed E-state index contributed by atoms with van der Waals surface area (Å²) >= 11 is 0. The molecule has 1 aromatic heterocycles. The molecule has 1 rings (SSSR count). The van der Waals surface area contributed by atoms with E-state index in [2.05, 4.69) is 24.1 Å². The van der Waals surface area contributed by atoms with Gasteiger partial charge in [0.15, 0.2) is 0 Å². The van der Waals surface area contributed by atoms with Crippen molar-refractivity contribution in [3.05, 3.63) is 18.2 Å². The van der Waals surface area contributed by atoms with Gasteiger partial charge >= 0.3 is 0 Å². The third kappa shape index (κ3) is 2.56. The van der Waals surface area contributed by atoms with Crippen molar-refractivity contribution in [2.45, 2.75) is 32.9 Å². The number of likely N-dealkylation sites (N-methyl/N-ethyl adjacent to an activating group) is 1. The van der Waals surface area contributed by atoms with Gasteiger partial charge in [0.25, 0.3) is 0 Å². The van der Waals surface area contributed by atoms with Gasteiger partial charge in [0.1, 0.15) is 6.10 Å². The number of imidazole rings is 1. The SMILES string of the molecule is CCNCC(O)c1cncn1C(C)C. The lowest BCUT2D eigenvalue weighted by molar-refractivity contribution is 0.164. The molecule has 1 atom stereocenters. The maximum atomic E-state index is 9.85. The fourth-order valence-corrected chi connectivity index (χ4v) is 1.39. The van der Waals surface area contributed by atoms with Crippen molar-refractivity contribution in [3.63, 3.8) is 0 Å². The van der Waals surface area contributed by atoms with Crippen LogP contribution in [0, 0.1) is 0 Å². The van der Waals surface area contributed by atoms with E-state index in [0.29, 0.717) is 12.6 Å². The second-order valence-electron chi connectivity index (χ2n) is 3.64. The Hall–Kier alpha value is -0.870. The fraction of sp³-hybridized carbons (Fsp3) is 0.700. The minimum atomic E-state index is -0.472. The first-order chi connectivity index (χ1) is 6.66. The number of aliphatic hydroxyl groups is 1. The molecule has 0 fully saturated rings. The van der Waals surface area contributed by atoms with Crippen molar-refractivity contribution in [1.82, 2.24) is 14.9 Å². The first-order valence-corrected chi connectivity index (χ1v) is 5.07. The van der Waals surface area contributed by atoms with Crippen LogP contribution in [-0.4, -0.2) is 27.7 Å². The smallest absolute Gasteiger partial charge is 0.108 e. The maximum Gasteiger partial charge on any atom is 0.108 e. The van der Waals surface area contributed by atoms with Crippen LogP contribution in [0.25, 0.3) is 0 Å². The van der Waals surface area contributed by atoms with Crippen LogP contribution in [0.1, 0.15) is 38.6 Å². The van der Waals surface area contributed by atoms with Gasteiger partial charge in [0.05, 0.1) is 18.2 Å². The van der Waals surface area contributed by atoms with Gasteiger partial charge in [-0.05, 0) is 20.4 Å². The predicted octanol–water partition coefficient (Wildman–Crippen LogP) is 1.11. The van der Waals surface area contributed by atoms with E-state index in [-0.39, 0.29) is 0 Å². The lowest BCUT2D eigenvalue weighted by Crippen LogP contribution is -2.23. The summed E-state index contributed by atoms with van der Waals surface area (Å²) in [7, 11) is 0. The largest absolute Gasteiger partial charge is 0.385 e. The quantitative estimate of drug-likeness (QED) is 0.743. The van der Waals surface area contributed by atoms with Crippen molar-refractivity contribution in [1.29, 1.82) is 0 Å². The molecule has 0 amide bonds. The summed E-state index contributed by atoms with van der Waals surface area (Å²) in [5.74, 6) is 0. The number of aliphatic hydroxyl groups excluding tert-OH is 1. The zero-order valence-corrected chi connectivity index (χ0v) is 9.07. The number of hydrogen-bond donors (Lipinski definition) is 2. The summed E-state index contributed by atoms with van der Waals surface area (Å²) in [5.41, 5.74) is 0.876. The molecule has 14 heavy (non-hydrogen) atoms. The Labute approximate surface area is 85.0 Å². The molecule has 1 heterocycles. The number of nitrogens with zero attached hydrogens (tertiary/aromatic N) is 2. The molecular weight excluding hydrogens is 178 g/mol. The van der Waals surface area contributed by atoms with Gasteiger partial charge in [-0.3, -0.25) is 0 Å². The molecule has 1 unspecified atom stereocenters. The Balaban J connectivity index is 2.68. The van der Waals surface area contributed by atoms with Gasteiger partial charge in [-0.1, -0.05) is 6.92 Å². The topological polar surface area (TPSA) is 50.1 Å². The highest BCUT2D eigenvalue weighted by Crippen LogP contribution is 2.15. The van der Waals surface area contributed by atoms with Crippen LogP contribution >= 0.6 is 0 Å². The normalized spacial score (nSPS) is 13.5. The summed E-state index contributed by atoms with van der Waals surface area (Å²) in [6.45, 7) is 7.62. The molecule has 0 radical (unpaired) electrons. The van der Waals surface area contributed by atoms with E-state index in [4.69, 9.17) is 0 Å². The molecule has 0 aromatic carbocycles. The summed E-state index contributed by atoms with van der Waals surface area (Å²) in [4.78, 5) is 4.05. The van der Waals surface area contributed by atoms with Crippen LogP contribution in [-0.2, 0) is 0 Å². The Morgan fingerprint density at radius 2 is 2.29 bits per heavy atom. The Kier molecular flexibility index (Phi) is 4.10. The highest BCUT2D eigenvalue weighted by molar-refractivity contribution is 5.04. The predicted molar refractivity (Wildman–Crippen MR) is 56.1 cm³/mol. The lowest BCUT2D eigenvalue weighted by atomic mass is 10.2. The molecule has 4 nitrogen and oxygen atoms in total. The van der Waals surface area contributed by atoms with Gasteiger partial charge < -0.3 is 15.0 Å². The van der Waals surface area contributed by atoms with Crippen LogP contribution < -0.4 is 5.32 Å². The fourth-order valence-electron chi connectivity index (χ4n) is 1.39. The lowest BCUT2D eigenvalue weighted by Gasteiger charge is -2.16. The molecule has 0 aliphatic heterocycles. The number of hydrogen-bond acceptors (Lipinski definition) is 3. The zero-order chi connectivity index (χ0) is 10.6. The molecule has 1 aromatic rings. The standard InChI is InChI=1S/C10H19N3O/c1-4-11-6-10(14)9-5-12-7-13(9)8(2)3/h5,7-8,10-11,14H,4,6H2,1-3H3. The number of aromatic nitrogens is 2. The zero-order valence-electron chi connectivity index (χ0n) is 9.07. The minimum Gasteiger partial charge on any atom is -0.385 e. The Bertz CT molecular complexity index is 270. The van der Waals surface area contributed by atoms with Crippen LogP contribution in [0.2, 0.25) is 0 Å². The first-order valence-electron chi connectivity index (χ1n) is 5.07. The molecule has 80 valence electrons. The monoisotopic (exact) mass is 197 g/mol. The van der Waals surface area contributed by atoms with Crippen molar-refractivity contribution >= 4 is 0 Å². The van der Waals surface area contributed by atoms with Crippen molar-refractivity contribution < 1.29 is 5.11 Å². The van der Waals surface area contributed by atoms with E-state index in [1.54, 1.807) is 12.5 Å². The second-order valence-corrected chi connectivity index (χ2v) is 3.64. The van der Waals surface area contributed by atoms with Gasteiger partial charge in [0, 0.05) is 12.6 Å². The van der Waals surface area contributed by atoms with Crippen molar-refractivity contribution in [2.75, 3.05) is 13.1 Å². The Morgan fingerprint density at radius 3 is 2.86 bits per heavy atom. The van der Waals surface area contributed by atoms with Crippen LogP contribution in [0.4, 0.5) is 0 Å². The summed E-state index contributed by atoms with van der Waals surface area (Å²) in [6, 6.07) is 0.337. The molecule has 0 spiro atoms. The Morgan fingerprint density at radius 1 is 1.57 bits per heavy atom. The van der Waals surface area contributed by atoms with Gasteiger partial charge in [-0.2, -0.15) is 0 Å². The molecule has 2 N–H and O–H groups in total. The van der Waals surface area contributed by atoms with E-state index >= 15 is 0 Å². The minimum absolute atomic E-state index is 0.337. The van der Waals surface area contributed by atoms with E-state index in [9.17, 15) is 5.11 Å². The summed E-state index contributed by atoms with van der Waals surface area (Å²) in [6.07, 6.45) is 3.01. The third-order valence-corrected chi connectivity index (χ3v) is 2.18. The van der Waals surface area contributed by atoms with Gasteiger partial charge in [0.2, 0.25) is 0 Å². The molecule has 0 saturated carbocycles. The maximum absolute atomic E-state index is 9.85. The summed E-state index contributed by atoms with van der Waals surface area (Å²) in [5, 5.41) is 13.0. The highest BCUT2D eigenvalue weighted by Gasteiger charge is 2.13. The van der Waals surface area contributed by atoms with Crippen LogP contribution in [0.5, 0.6) is 0 Å². The van der Waals surface area contributed by atoms with E-state index < -0.39 is 6.10 Å². The van der Waals surface area contributed by atoms with Gasteiger partial charge in [-0.15, -0.1) is 0 Å².